The van der Waals surface area contributed by atoms with Gasteiger partial charge in [0.15, 0.2) is 0 Å². The number of benzene rings is 4. The third kappa shape index (κ3) is 5.17. The Kier molecular flexibility index (Phi) is 6.62. The van der Waals surface area contributed by atoms with E-state index in [1.807, 2.05) is 72.8 Å². The molecule has 0 aliphatic rings. The molecule has 164 valence electrons. The maximum absolute atomic E-state index is 12.4. The van der Waals surface area contributed by atoms with Gasteiger partial charge in [-0.3, -0.25) is 0 Å². The van der Waals surface area contributed by atoms with Crippen LogP contribution >= 0.6 is 0 Å². The minimum Gasteiger partial charge on any atom is -0.422 e. The zero-order valence-corrected chi connectivity index (χ0v) is 18.0. The molecule has 5 heteroatoms. The van der Waals surface area contributed by atoms with Gasteiger partial charge in [0.1, 0.15) is 11.5 Å². The molecule has 0 heterocycles. The summed E-state index contributed by atoms with van der Waals surface area (Å²) >= 11 is 0. The second kappa shape index (κ2) is 9.94. The fourth-order valence-electron chi connectivity index (χ4n) is 3.33. The van der Waals surface area contributed by atoms with E-state index in [1.54, 1.807) is 12.1 Å². The van der Waals surface area contributed by atoms with Crippen molar-refractivity contribution < 1.29 is 23.8 Å². The highest BCUT2D eigenvalue weighted by Crippen LogP contribution is 2.27. The normalized spacial score (nSPS) is 10.7. The van der Waals surface area contributed by atoms with Gasteiger partial charge in [0.05, 0.1) is 24.4 Å². The first-order chi connectivity index (χ1) is 16.0. The lowest BCUT2D eigenvalue weighted by Crippen LogP contribution is -2.18. The van der Waals surface area contributed by atoms with Gasteiger partial charge in [0.25, 0.3) is 0 Å². The number of fused-ring (bicyclic) bond motifs is 2. The third-order valence-corrected chi connectivity index (χ3v) is 5.03. The third-order valence-electron chi connectivity index (χ3n) is 5.03. The van der Waals surface area contributed by atoms with Gasteiger partial charge in [-0.2, -0.15) is 0 Å². The number of ether oxygens (including phenoxy) is 3. The summed E-state index contributed by atoms with van der Waals surface area (Å²) < 4.78 is 16.4. The molecule has 0 saturated heterocycles. The van der Waals surface area contributed by atoms with Crippen molar-refractivity contribution in [2.24, 2.45) is 0 Å². The van der Waals surface area contributed by atoms with Crippen LogP contribution in [0.15, 0.2) is 109 Å². The van der Waals surface area contributed by atoms with E-state index in [9.17, 15) is 9.59 Å². The molecule has 33 heavy (non-hydrogen) atoms. The van der Waals surface area contributed by atoms with Gasteiger partial charge in [-0.1, -0.05) is 86.0 Å². The van der Waals surface area contributed by atoms with Crippen molar-refractivity contribution in [1.82, 2.24) is 0 Å². The highest BCUT2D eigenvalue weighted by molar-refractivity contribution is 5.96. The van der Waals surface area contributed by atoms with E-state index >= 15 is 0 Å². The SMILES string of the molecule is C=C(COCC(=C)C(=O)Oc1cccc2ccccc12)C(=O)Oc1cccc2ccccc12. The van der Waals surface area contributed by atoms with Crippen molar-refractivity contribution in [2.75, 3.05) is 13.2 Å². The maximum atomic E-state index is 12.4. The van der Waals surface area contributed by atoms with E-state index in [1.165, 1.54) is 0 Å². The average molecular weight is 438 g/mol. The van der Waals surface area contributed by atoms with Crippen LogP contribution in [0.1, 0.15) is 0 Å². The number of carbonyl (C=O) groups excluding carboxylic acids is 2. The van der Waals surface area contributed by atoms with Crippen LogP contribution in [0.4, 0.5) is 0 Å². The Hall–Kier alpha value is -4.22. The molecule has 0 aliphatic carbocycles. The summed E-state index contributed by atoms with van der Waals surface area (Å²) in [5, 5.41) is 3.58. The standard InChI is InChI=1S/C28H22O5/c1-19(27(29)32-25-15-7-11-21-9-3-5-13-23(21)25)17-31-18-20(2)28(30)33-26-16-8-12-22-10-4-6-14-24(22)26/h3-16H,1-2,17-18H2. The monoisotopic (exact) mass is 438 g/mol. The number of rotatable bonds is 8. The molecule has 0 atom stereocenters. The molecule has 0 N–H and O–H groups in total. The lowest BCUT2D eigenvalue weighted by atomic mass is 10.1. The molecule has 0 radical (unpaired) electrons. The molecule has 0 saturated carbocycles. The Balaban J connectivity index is 1.29. The zero-order valence-electron chi connectivity index (χ0n) is 18.0. The van der Waals surface area contributed by atoms with Crippen LogP contribution in [0.25, 0.3) is 21.5 Å². The van der Waals surface area contributed by atoms with Crippen LogP contribution in [0.2, 0.25) is 0 Å². The first-order valence-electron chi connectivity index (χ1n) is 10.4. The molecule has 0 bridgehead atoms. The Morgan fingerprint density at radius 3 is 1.42 bits per heavy atom. The summed E-state index contributed by atoms with van der Waals surface area (Å²) in [6.07, 6.45) is 0. The highest BCUT2D eigenvalue weighted by Gasteiger charge is 2.15. The number of esters is 2. The molecule has 0 fully saturated rings. The minimum absolute atomic E-state index is 0.107. The van der Waals surface area contributed by atoms with Gasteiger partial charge >= 0.3 is 11.9 Å². The summed E-state index contributed by atoms with van der Waals surface area (Å²) in [5.74, 6) is -0.310. The van der Waals surface area contributed by atoms with Crippen molar-refractivity contribution in [3.8, 4) is 11.5 Å². The summed E-state index contributed by atoms with van der Waals surface area (Å²) in [5.41, 5.74) is 0.247. The van der Waals surface area contributed by atoms with E-state index in [0.717, 1.165) is 21.5 Å². The Morgan fingerprint density at radius 1 is 0.576 bits per heavy atom. The predicted octanol–water partition coefficient (Wildman–Crippen LogP) is 5.63. The number of hydrogen-bond donors (Lipinski definition) is 0. The van der Waals surface area contributed by atoms with Gasteiger partial charge in [-0.15, -0.1) is 0 Å². The summed E-state index contributed by atoms with van der Waals surface area (Å²) in [6, 6.07) is 26.2. The van der Waals surface area contributed by atoms with Crippen LogP contribution < -0.4 is 9.47 Å². The largest absolute Gasteiger partial charge is 0.422 e. The lowest BCUT2D eigenvalue weighted by molar-refractivity contribution is -0.130. The Bertz CT molecular complexity index is 1250. The van der Waals surface area contributed by atoms with Crippen molar-refractivity contribution in [3.63, 3.8) is 0 Å². The quantitative estimate of drug-likeness (QED) is 0.203. The molecule has 4 aromatic rings. The number of carbonyl (C=O) groups is 2. The van der Waals surface area contributed by atoms with Crippen molar-refractivity contribution in [1.29, 1.82) is 0 Å². The van der Waals surface area contributed by atoms with Gasteiger partial charge in [-0.05, 0) is 22.9 Å². The fraction of sp³-hybridized carbons (Fsp3) is 0.0714. The predicted molar refractivity (Wildman–Crippen MR) is 128 cm³/mol. The lowest BCUT2D eigenvalue weighted by Gasteiger charge is -2.11. The van der Waals surface area contributed by atoms with E-state index in [-0.39, 0.29) is 24.4 Å². The molecule has 0 aliphatic heterocycles. The van der Waals surface area contributed by atoms with Crippen molar-refractivity contribution in [3.05, 3.63) is 109 Å². The van der Waals surface area contributed by atoms with Crippen LogP contribution in [0.3, 0.4) is 0 Å². The highest BCUT2D eigenvalue weighted by atomic mass is 16.5. The fourth-order valence-corrected chi connectivity index (χ4v) is 3.33. The molecule has 5 nitrogen and oxygen atoms in total. The maximum Gasteiger partial charge on any atom is 0.341 e. The molecule has 4 aromatic carbocycles. The molecular weight excluding hydrogens is 416 g/mol. The first-order valence-corrected chi connectivity index (χ1v) is 10.4. The topological polar surface area (TPSA) is 61.8 Å². The van der Waals surface area contributed by atoms with Gasteiger partial charge in [0.2, 0.25) is 0 Å². The molecule has 4 rings (SSSR count). The zero-order chi connectivity index (χ0) is 23.2. The van der Waals surface area contributed by atoms with E-state index in [4.69, 9.17) is 14.2 Å². The first kappa shape index (κ1) is 22.0. The van der Waals surface area contributed by atoms with Crippen LogP contribution in [0.5, 0.6) is 11.5 Å². The van der Waals surface area contributed by atoms with Gasteiger partial charge in [0, 0.05) is 10.8 Å². The van der Waals surface area contributed by atoms with Crippen LogP contribution in [0, 0.1) is 0 Å². The molecule has 0 spiro atoms. The van der Waals surface area contributed by atoms with E-state index in [0.29, 0.717) is 11.5 Å². The Morgan fingerprint density at radius 2 is 0.970 bits per heavy atom. The van der Waals surface area contributed by atoms with Gasteiger partial charge < -0.3 is 14.2 Å². The molecule has 0 aromatic heterocycles. The molecule has 0 unspecified atom stereocenters. The van der Waals surface area contributed by atoms with E-state index < -0.39 is 11.9 Å². The molecule has 0 amide bonds. The van der Waals surface area contributed by atoms with Crippen molar-refractivity contribution >= 4 is 33.5 Å². The summed E-state index contributed by atoms with van der Waals surface area (Å²) in [4.78, 5) is 24.8. The van der Waals surface area contributed by atoms with Crippen molar-refractivity contribution in [2.45, 2.75) is 0 Å². The molecular formula is C28H22O5. The number of hydrogen-bond acceptors (Lipinski definition) is 5. The smallest absolute Gasteiger partial charge is 0.341 e. The van der Waals surface area contributed by atoms with Gasteiger partial charge in [-0.25, -0.2) is 9.59 Å². The van der Waals surface area contributed by atoms with Crippen LogP contribution in [-0.2, 0) is 14.3 Å². The summed E-state index contributed by atoms with van der Waals surface area (Å²) in [6.45, 7) is 7.24. The van der Waals surface area contributed by atoms with E-state index in [2.05, 4.69) is 13.2 Å². The summed E-state index contributed by atoms with van der Waals surface area (Å²) in [7, 11) is 0. The second-order valence-electron chi connectivity index (χ2n) is 7.43. The average Bonchev–Trinajstić information content (AvgIpc) is 2.84. The minimum atomic E-state index is -0.602. The second-order valence-corrected chi connectivity index (χ2v) is 7.43. The Labute approximate surface area is 191 Å². The van der Waals surface area contributed by atoms with Crippen LogP contribution in [-0.4, -0.2) is 25.2 Å².